The number of rotatable bonds is 8. The van der Waals surface area contributed by atoms with Gasteiger partial charge in [-0.3, -0.25) is 9.59 Å². The summed E-state index contributed by atoms with van der Waals surface area (Å²) < 4.78 is 5.36. The van der Waals surface area contributed by atoms with E-state index >= 15 is 0 Å². The van der Waals surface area contributed by atoms with E-state index in [1.807, 2.05) is 55.5 Å². The van der Waals surface area contributed by atoms with E-state index in [1.54, 1.807) is 13.2 Å². The smallest absolute Gasteiger partial charge is 0.222 e. The maximum Gasteiger partial charge on any atom is 0.222 e. The quantitative estimate of drug-likeness (QED) is 0.631. The largest absolute Gasteiger partial charge is 0.496 e. The Bertz CT molecular complexity index is 1010. The standard InChI is InChI=1S/C23H26N2O3/c1-16(11-12-17-7-3-6-10-22(17)28-2)23(27)24-14-13-18-15-21(26)19-8-4-5-9-20(19)25-18/h3-10,15-16H,11-14H2,1-2H3,(H,24,27)(H,25,26). The van der Waals surface area contributed by atoms with E-state index in [-0.39, 0.29) is 17.3 Å². The minimum Gasteiger partial charge on any atom is -0.496 e. The first-order valence-electron chi connectivity index (χ1n) is 9.59. The Morgan fingerprint density at radius 3 is 2.68 bits per heavy atom. The normalized spacial score (nSPS) is 11.9. The van der Waals surface area contributed by atoms with Gasteiger partial charge in [-0.05, 0) is 36.6 Å². The van der Waals surface area contributed by atoms with Gasteiger partial charge in [0.15, 0.2) is 5.43 Å². The van der Waals surface area contributed by atoms with Crippen molar-refractivity contribution in [2.45, 2.75) is 26.2 Å². The van der Waals surface area contributed by atoms with E-state index in [1.165, 1.54) is 0 Å². The summed E-state index contributed by atoms with van der Waals surface area (Å²) in [5.41, 5.74) is 2.76. The van der Waals surface area contributed by atoms with Crippen molar-refractivity contribution < 1.29 is 9.53 Å². The Morgan fingerprint density at radius 2 is 1.86 bits per heavy atom. The number of nitrogens with one attached hydrogen (secondary N) is 2. The topological polar surface area (TPSA) is 71.2 Å². The fourth-order valence-electron chi connectivity index (χ4n) is 3.29. The lowest BCUT2D eigenvalue weighted by Crippen LogP contribution is -2.31. The van der Waals surface area contributed by atoms with Gasteiger partial charge in [-0.1, -0.05) is 37.3 Å². The second kappa shape index (κ2) is 9.22. The molecule has 0 radical (unpaired) electrons. The molecule has 1 heterocycles. The van der Waals surface area contributed by atoms with Crippen molar-refractivity contribution in [2.24, 2.45) is 5.92 Å². The summed E-state index contributed by atoms with van der Waals surface area (Å²) in [4.78, 5) is 27.8. The van der Waals surface area contributed by atoms with E-state index < -0.39 is 0 Å². The molecule has 0 fully saturated rings. The average Bonchev–Trinajstić information content (AvgIpc) is 2.72. The van der Waals surface area contributed by atoms with Crippen LogP contribution in [0, 0.1) is 5.92 Å². The summed E-state index contributed by atoms with van der Waals surface area (Å²) in [6, 6.07) is 16.9. The number of pyridine rings is 1. The van der Waals surface area contributed by atoms with Crippen molar-refractivity contribution in [1.29, 1.82) is 0 Å². The number of amides is 1. The number of ether oxygens (including phenoxy) is 1. The van der Waals surface area contributed by atoms with Gasteiger partial charge in [-0.25, -0.2) is 0 Å². The molecule has 0 saturated carbocycles. The summed E-state index contributed by atoms with van der Waals surface area (Å²) in [6.07, 6.45) is 2.13. The highest BCUT2D eigenvalue weighted by molar-refractivity contribution is 5.79. The number of hydrogen-bond donors (Lipinski definition) is 2. The van der Waals surface area contributed by atoms with Crippen molar-refractivity contribution in [3.8, 4) is 5.75 Å². The number of aromatic amines is 1. The van der Waals surface area contributed by atoms with E-state index in [4.69, 9.17) is 4.74 Å². The lowest BCUT2D eigenvalue weighted by Gasteiger charge is -2.14. The SMILES string of the molecule is COc1ccccc1CCC(C)C(=O)NCCc1cc(=O)c2ccccc2[nH]1. The minimum absolute atomic E-state index is 0.000790. The molecule has 146 valence electrons. The fourth-order valence-corrected chi connectivity index (χ4v) is 3.29. The molecule has 1 atom stereocenters. The number of carbonyl (C=O) groups excluding carboxylic acids is 1. The van der Waals surface area contributed by atoms with Crippen molar-refractivity contribution in [1.82, 2.24) is 10.3 Å². The maximum atomic E-state index is 12.4. The van der Waals surface area contributed by atoms with Gasteiger partial charge < -0.3 is 15.0 Å². The number of hydrogen-bond acceptors (Lipinski definition) is 3. The summed E-state index contributed by atoms with van der Waals surface area (Å²) in [6.45, 7) is 2.43. The number of carbonyl (C=O) groups is 1. The third-order valence-electron chi connectivity index (χ3n) is 4.97. The lowest BCUT2D eigenvalue weighted by molar-refractivity contribution is -0.124. The van der Waals surface area contributed by atoms with Gasteiger partial charge in [-0.2, -0.15) is 0 Å². The van der Waals surface area contributed by atoms with Crippen LogP contribution in [0.5, 0.6) is 5.75 Å². The molecule has 1 amide bonds. The van der Waals surface area contributed by atoms with Crippen LogP contribution in [-0.4, -0.2) is 24.5 Å². The third-order valence-corrected chi connectivity index (χ3v) is 4.97. The Morgan fingerprint density at radius 1 is 1.11 bits per heavy atom. The molecule has 0 saturated heterocycles. The highest BCUT2D eigenvalue weighted by atomic mass is 16.5. The number of aromatic nitrogens is 1. The number of para-hydroxylation sites is 2. The summed E-state index contributed by atoms with van der Waals surface area (Å²) in [5.74, 6) is 0.786. The molecular formula is C23H26N2O3. The van der Waals surface area contributed by atoms with Crippen molar-refractivity contribution >= 4 is 16.8 Å². The van der Waals surface area contributed by atoms with Crippen LogP contribution in [0.2, 0.25) is 0 Å². The van der Waals surface area contributed by atoms with Gasteiger partial charge >= 0.3 is 0 Å². The van der Waals surface area contributed by atoms with Gasteiger partial charge in [0, 0.05) is 41.5 Å². The van der Waals surface area contributed by atoms with Crippen molar-refractivity contribution in [2.75, 3.05) is 13.7 Å². The predicted octanol–water partition coefficient (Wildman–Crippen LogP) is 3.46. The third kappa shape index (κ3) is 4.80. The van der Waals surface area contributed by atoms with Crippen LogP contribution >= 0.6 is 0 Å². The van der Waals surface area contributed by atoms with Crippen LogP contribution in [0.1, 0.15) is 24.6 Å². The van der Waals surface area contributed by atoms with Crippen LogP contribution in [0.3, 0.4) is 0 Å². The minimum atomic E-state index is -0.0967. The van der Waals surface area contributed by atoms with Crippen molar-refractivity contribution in [3.05, 3.63) is 76.1 Å². The number of H-pyrrole nitrogens is 1. The zero-order valence-electron chi connectivity index (χ0n) is 16.3. The van der Waals surface area contributed by atoms with Crippen LogP contribution in [0.4, 0.5) is 0 Å². The molecule has 2 aromatic carbocycles. The van der Waals surface area contributed by atoms with Crippen LogP contribution in [-0.2, 0) is 17.6 Å². The van der Waals surface area contributed by atoms with Gasteiger partial charge in [0.1, 0.15) is 5.75 Å². The number of aryl methyl sites for hydroxylation is 1. The number of fused-ring (bicyclic) bond motifs is 1. The van der Waals surface area contributed by atoms with Gasteiger partial charge in [0.2, 0.25) is 5.91 Å². The first kappa shape index (κ1) is 19.7. The summed E-state index contributed by atoms with van der Waals surface area (Å²) >= 11 is 0. The van der Waals surface area contributed by atoms with E-state index in [9.17, 15) is 9.59 Å². The molecule has 3 aromatic rings. The average molecular weight is 378 g/mol. The molecule has 0 spiro atoms. The molecule has 3 rings (SSSR count). The first-order chi connectivity index (χ1) is 13.6. The molecule has 0 aliphatic rings. The van der Waals surface area contributed by atoms with E-state index in [0.29, 0.717) is 18.4 Å². The lowest BCUT2D eigenvalue weighted by atomic mass is 9.99. The second-order valence-corrected chi connectivity index (χ2v) is 7.00. The molecule has 28 heavy (non-hydrogen) atoms. The molecule has 1 aromatic heterocycles. The highest BCUT2D eigenvalue weighted by Gasteiger charge is 2.13. The zero-order chi connectivity index (χ0) is 19.9. The maximum absolute atomic E-state index is 12.4. The molecule has 1 unspecified atom stereocenters. The predicted molar refractivity (Wildman–Crippen MR) is 112 cm³/mol. The Kier molecular flexibility index (Phi) is 6.48. The first-order valence-corrected chi connectivity index (χ1v) is 9.59. The van der Waals surface area contributed by atoms with Crippen LogP contribution in [0.15, 0.2) is 59.4 Å². The second-order valence-electron chi connectivity index (χ2n) is 7.00. The monoisotopic (exact) mass is 378 g/mol. The number of methoxy groups -OCH3 is 1. The van der Waals surface area contributed by atoms with Gasteiger partial charge in [0.25, 0.3) is 0 Å². The van der Waals surface area contributed by atoms with Crippen LogP contribution in [0.25, 0.3) is 10.9 Å². The summed E-state index contributed by atoms with van der Waals surface area (Å²) in [5, 5.41) is 3.65. The zero-order valence-corrected chi connectivity index (χ0v) is 16.3. The fraction of sp³-hybridized carbons (Fsp3) is 0.304. The Balaban J connectivity index is 1.50. The van der Waals surface area contributed by atoms with Gasteiger partial charge in [0.05, 0.1) is 7.11 Å². The Labute approximate surface area is 164 Å². The molecule has 0 aliphatic carbocycles. The van der Waals surface area contributed by atoms with E-state index in [0.717, 1.165) is 35.4 Å². The highest BCUT2D eigenvalue weighted by Crippen LogP contribution is 2.20. The molecule has 0 aliphatic heterocycles. The number of benzene rings is 2. The molecule has 0 bridgehead atoms. The molecular weight excluding hydrogens is 352 g/mol. The molecule has 5 nitrogen and oxygen atoms in total. The molecule has 2 N–H and O–H groups in total. The van der Waals surface area contributed by atoms with Crippen LogP contribution < -0.4 is 15.5 Å². The Hall–Kier alpha value is -3.08. The van der Waals surface area contributed by atoms with Crippen molar-refractivity contribution in [3.63, 3.8) is 0 Å². The van der Waals surface area contributed by atoms with E-state index in [2.05, 4.69) is 10.3 Å². The van der Waals surface area contributed by atoms with Gasteiger partial charge in [-0.15, -0.1) is 0 Å². The molecule has 5 heteroatoms. The summed E-state index contributed by atoms with van der Waals surface area (Å²) in [7, 11) is 1.66.